The van der Waals surface area contributed by atoms with Gasteiger partial charge in [0.25, 0.3) is 5.91 Å². The van der Waals surface area contributed by atoms with Gasteiger partial charge in [0.15, 0.2) is 5.13 Å². The van der Waals surface area contributed by atoms with E-state index in [0.717, 1.165) is 23.5 Å². The lowest BCUT2D eigenvalue weighted by Crippen LogP contribution is -2.16. The molecule has 0 aliphatic rings. The number of aromatic nitrogens is 1. The normalized spacial score (nSPS) is 11.2. The minimum Gasteiger partial charge on any atom is -0.326 e. The predicted octanol–water partition coefficient (Wildman–Crippen LogP) is 5.25. The van der Waals surface area contributed by atoms with E-state index in [1.54, 1.807) is 29.6 Å². The molecule has 2 aromatic carbocycles. The first kappa shape index (κ1) is 20.8. The summed E-state index contributed by atoms with van der Waals surface area (Å²) >= 11 is 6.91. The molecule has 2 N–H and O–H groups in total. The van der Waals surface area contributed by atoms with Crippen molar-refractivity contribution in [3.8, 4) is 0 Å². The third-order valence-electron chi connectivity index (χ3n) is 3.69. The Bertz CT molecular complexity index is 1040. The topological polar surface area (TPSA) is 71.1 Å². The summed E-state index contributed by atoms with van der Waals surface area (Å²) < 4.78 is 38.2. The fourth-order valence-electron chi connectivity index (χ4n) is 2.36. The molecular weight excluding hydrogens is 427 g/mol. The van der Waals surface area contributed by atoms with Crippen LogP contribution in [0.4, 0.5) is 24.0 Å². The van der Waals surface area contributed by atoms with Crippen molar-refractivity contribution in [1.82, 2.24) is 4.98 Å². The van der Waals surface area contributed by atoms with Gasteiger partial charge < -0.3 is 5.32 Å². The zero-order valence-corrected chi connectivity index (χ0v) is 16.2. The van der Waals surface area contributed by atoms with Crippen molar-refractivity contribution in [1.29, 1.82) is 0 Å². The summed E-state index contributed by atoms with van der Waals surface area (Å²) in [5, 5.41) is 7.41. The molecule has 0 saturated heterocycles. The van der Waals surface area contributed by atoms with Gasteiger partial charge in [-0.1, -0.05) is 17.7 Å². The number of rotatable bonds is 5. The number of thiazole rings is 1. The van der Waals surface area contributed by atoms with Gasteiger partial charge in [-0.05, 0) is 42.5 Å². The molecule has 3 aromatic rings. The Labute approximate surface area is 172 Å². The van der Waals surface area contributed by atoms with Crippen molar-refractivity contribution in [3.63, 3.8) is 0 Å². The number of amides is 2. The molecule has 0 saturated carbocycles. The zero-order chi connectivity index (χ0) is 21.0. The number of hydrogen-bond donors (Lipinski definition) is 2. The van der Waals surface area contributed by atoms with Crippen LogP contribution in [0.3, 0.4) is 0 Å². The molecule has 0 unspecified atom stereocenters. The van der Waals surface area contributed by atoms with Crippen molar-refractivity contribution < 1.29 is 22.8 Å². The summed E-state index contributed by atoms with van der Waals surface area (Å²) in [5.74, 6) is -0.902. The van der Waals surface area contributed by atoms with E-state index in [2.05, 4.69) is 15.6 Å². The second-order valence-corrected chi connectivity index (χ2v) is 7.20. The third kappa shape index (κ3) is 5.78. The van der Waals surface area contributed by atoms with E-state index in [-0.39, 0.29) is 18.0 Å². The molecule has 1 heterocycles. The third-order valence-corrected chi connectivity index (χ3v) is 4.75. The Balaban J connectivity index is 1.59. The number of hydrogen-bond acceptors (Lipinski definition) is 4. The average molecular weight is 440 g/mol. The second-order valence-electron chi connectivity index (χ2n) is 5.91. The van der Waals surface area contributed by atoms with Gasteiger partial charge >= 0.3 is 6.18 Å². The van der Waals surface area contributed by atoms with Crippen LogP contribution in [0.5, 0.6) is 0 Å². The van der Waals surface area contributed by atoms with Gasteiger partial charge in [0.05, 0.1) is 17.7 Å². The number of nitrogens with zero attached hydrogens (tertiary/aromatic N) is 1. The minimum absolute atomic E-state index is 0.0383. The van der Waals surface area contributed by atoms with Crippen LogP contribution < -0.4 is 10.6 Å². The van der Waals surface area contributed by atoms with Crippen LogP contribution in [0.25, 0.3) is 0 Å². The highest BCUT2D eigenvalue weighted by Gasteiger charge is 2.30. The zero-order valence-electron chi connectivity index (χ0n) is 14.6. The summed E-state index contributed by atoms with van der Waals surface area (Å²) in [6.07, 6.45) is -4.64. The fraction of sp³-hybridized carbons (Fsp3) is 0.105. The molecule has 0 spiro atoms. The van der Waals surface area contributed by atoms with Crippen LogP contribution in [-0.4, -0.2) is 16.8 Å². The quantitative estimate of drug-likeness (QED) is 0.570. The lowest BCUT2D eigenvalue weighted by atomic mass is 10.2. The number of carbonyl (C=O) groups excluding carboxylic acids is 2. The van der Waals surface area contributed by atoms with Crippen LogP contribution in [-0.2, 0) is 17.4 Å². The Morgan fingerprint density at radius 3 is 2.48 bits per heavy atom. The maximum Gasteiger partial charge on any atom is 0.416 e. The molecule has 3 rings (SSSR count). The number of benzene rings is 2. The predicted molar refractivity (Wildman–Crippen MR) is 105 cm³/mol. The van der Waals surface area contributed by atoms with Crippen LogP contribution in [0, 0.1) is 0 Å². The first-order chi connectivity index (χ1) is 13.7. The van der Waals surface area contributed by atoms with Crippen molar-refractivity contribution in [2.45, 2.75) is 12.6 Å². The molecule has 0 radical (unpaired) electrons. The fourth-order valence-corrected chi connectivity index (χ4v) is 3.19. The van der Waals surface area contributed by atoms with E-state index in [1.165, 1.54) is 12.1 Å². The monoisotopic (exact) mass is 439 g/mol. The number of anilines is 2. The van der Waals surface area contributed by atoms with E-state index in [4.69, 9.17) is 11.6 Å². The van der Waals surface area contributed by atoms with Gasteiger partial charge in [0.2, 0.25) is 5.91 Å². The molecule has 0 bridgehead atoms. The molecule has 10 heteroatoms. The highest BCUT2D eigenvalue weighted by Crippen LogP contribution is 2.30. The van der Waals surface area contributed by atoms with Gasteiger partial charge in [-0.25, -0.2) is 4.98 Å². The Morgan fingerprint density at radius 2 is 1.79 bits per heavy atom. The first-order valence-corrected chi connectivity index (χ1v) is 9.45. The first-order valence-electron chi connectivity index (χ1n) is 8.19. The highest BCUT2D eigenvalue weighted by atomic mass is 35.5. The maximum absolute atomic E-state index is 12.7. The molecule has 29 heavy (non-hydrogen) atoms. The lowest BCUT2D eigenvalue weighted by molar-refractivity contribution is -0.137. The second kappa shape index (κ2) is 8.62. The Kier molecular flexibility index (Phi) is 6.19. The van der Waals surface area contributed by atoms with Crippen molar-refractivity contribution >= 4 is 45.6 Å². The van der Waals surface area contributed by atoms with E-state index in [9.17, 15) is 22.8 Å². The van der Waals surface area contributed by atoms with Crippen molar-refractivity contribution in [2.24, 2.45) is 0 Å². The molecule has 0 aliphatic heterocycles. The van der Waals surface area contributed by atoms with E-state index in [0.29, 0.717) is 21.4 Å². The van der Waals surface area contributed by atoms with Crippen molar-refractivity contribution in [2.75, 3.05) is 10.6 Å². The number of halogens is 4. The number of alkyl halides is 3. The summed E-state index contributed by atoms with van der Waals surface area (Å²) in [4.78, 5) is 28.4. The standard InChI is InChI=1S/C19H13ClF3N3O2S/c20-13-6-4-11(5-7-13)17(28)26-18-25-15(10-29-18)9-16(27)24-14-3-1-2-12(8-14)19(21,22)23/h1-8,10H,9H2,(H,24,27)(H,25,26,28). The SMILES string of the molecule is O=C(Cc1csc(NC(=O)c2ccc(Cl)cc2)n1)Nc1cccc(C(F)(F)F)c1. The average Bonchev–Trinajstić information content (AvgIpc) is 3.08. The molecule has 0 atom stereocenters. The summed E-state index contributed by atoms with van der Waals surface area (Å²) in [6, 6.07) is 10.7. The van der Waals surface area contributed by atoms with Gasteiger partial charge in [-0.15, -0.1) is 11.3 Å². The summed E-state index contributed by atoms with van der Waals surface area (Å²) in [5.41, 5.74) is -0.0354. The number of carbonyl (C=O) groups is 2. The van der Waals surface area contributed by atoms with Crippen LogP contribution in [0.15, 0.2) is 53.9 Å². The highest BCUT2D eigenvalue weighted by molar-refractivity contribution is 7.14. The Hall–Kier alpha value is -2.91. The van der Waals surface area contributed by atoms with Crippen LogP contribution in [0.2, 0.25) is 5.02 Å². The van der Waals surface area contributed by atoms with E-state index < -0.39 is 17.6 Å². The van der Waals surface area contributed by atoms with Gasteiger partial charge in [0, 0.05) is 21.7 Å². The Morgan fingerprint density at radius 1 is 1.07 bits per heavy atom. The van der Waals surface area contributed by atoms with Gasteiger partial charge in [-0.2, -0.15) is 13.2 Å². The lowest BCUT2D eigenvalue weighted by Gasteiger charge is -2.09. The molecule has 2 amide bonds. The summed E-state index contributed by atoms with van der Waals surface area (Å²) in [6.45, 7) is 0. The maximum atomic E-state index is 12.7. The van der Waals surface area contributed by atoms with Gasteiger partial charge in [-0.3, -0.25) is 14.9 Å². The molecule has 0 aliphatic carbocycles. The molecule has 150 valence electrons. The molecule has 5 nitrogen and oxygen atoms in total. The largest absolute Gasteiger partial charge is 0.416 e. The molecular formula is C19H13ClF3N3O2S. The van der Waals surface area contributed by atoms with Gasteiger partial charge in [0.1, 0.15) is 0 Å². The van der Waals surface area contributed by atoms with Crippen LogP contribution in [0.1, 0.15) is 21.6 Å². The minimum atomic E-state index is -4.49. The van der Waals surface area contributed by atoms with Crippen molar-refractivity contribution in [3.05, 3.63) is 75.8 Å². The summed E-state index contributed by atoms with van der Waals surface area (Å²) in [7, 11) is 0. The number of nitrogens with one attached hydrogen (secondary N) is 2. The van der Waals surface area contributed by atoms with E-state index in [1.807, 2.05) is 0 Å². The van der Waals surface area contributed by atoms with E-state index >= 15 is 0 Å². The smallest absolute Gasteiger partial charge is 0.326 e. The molecule has 0 fully saturated rings. The van der Waals surface area contributed by atoms with Crippen LogP contribution >= 0.6 is 22.9 Å². The molecule has 1 aromatic heterocycles.